The second-order valence-electron chi connectivity index (χ2n) is 7.10. The average molecular weight is 434 g/mol. The molecule has 0 aliphatic carbocycles. The van der Waals surface area contributed by atoms with Crippen molar-refractivity contribution in [3.63, 3.8) is 0 Å². The van der Waals surface area contributed by atoms with Crippen LogP contribution in [0.15, 0.2) is 48.8 Å². The highest BCUT2D eigenvalue weighted by atomic mass is 19.1. The second kappa shape index (κ2) is 7.41. The first-order chi connectivity index (χ1) is 15.5. The molecule has 32 heavy (non-hydrogen) atoms. The highest BCUT2D eigenvalue weighted by Crippen LogP contribution is 2.33. The number of hydrogen-bond acceptors (Lipinski definition) is 5. The number of hydrogen-bond donors (Lipinski definition) is 2. The molecule has 5 aromatic rings. The van der Waals surface area contributed by atoms with Gasteiger partial charge in [-0.25, -0.2) is 13.8 Å². The van der Waals surface area contributed by atoms with E-state index in [-0.39, 0.29) is 10.9 Å². The zero-order chi connectivity index (χ0) is 22.4. The monoisotopic (exact) mass is 434 g/mol. The molecule has 0 aliphatic rings. The number of halogens is 2. The summed E-state index contributed by atoms with van der Waals surface area (Å²) in [5.41, 5.74) is 1.86. The van der Waals surface area contributed by atoms with Crippen molar-refractivity contribution in [3.8, 4) is 17.1 Å². The van der Waals surface area contributed by atoms with Crippen LogP contribution in [0.4, 0.5) is 14.5 Å². The number of carbonyl (C=O) groups is 1. The molecule has 10 heteroatoms. The van der Waals surface area contributed by atoms with Gasteiger partial charge in [-0.1, -0.05) is 0 Å². The lowest BCUT2D eigenvalue weighted by molar-refractivity contribution is 0.101. The molecule has 3 aromatic heterocycles. The maximum Gasteiger partial charge on any atom is 0.261 e. The smallest absolute Gasteiger partial charge is 0.261 e. The van der Waals surface area contributed by atoms with Crippen LogP contribution in [0.1, 0.15) is 10.4 Å². The Morgan fingerprint density at radius 3 is 2.84 bits per heavy atom. The number of aromatic nitrogens is 5. The quantitative estimate of drug-likeness (QED) is 0.445. The van der Waals surface area contributed by atoms with Crippen LogP contribution in [0, 0.1) is 11.6 Å². The summed E-state index contributed by atoms with van der Waals surface area (Å²) in [6, 6.07) is 9.64. The number of ether oxygens (including phenoxy) is 1. The van der Waals surface area contributed by atoms with E-state index < -0.39 is 23.1 Å². The average Bonchev–Trinajstić information content (AvgIpc) is 3.37. The normalized spacial score (nSPS) is 11.2. The summed E-state index contributed by atoms with van der Waals surface area (Å²) in [7, 11) is 3.07. The summed E-state index contributed by atoms with van der Waals surface area (Å²) in [5.74, 6) is -2.45. The Morgan fingerprint density at radius 2 is 2.03 bits per heavy atom. The maximum atomic E-state index is 14.9. The molecular formula is C22H16F2N6O2. The van der Waals surface area contributed by atoms with Gasteiger partial charge in [0, 0.05) is 30.4 Å². The largest absolute Gasteiger partial charge is 0.481 e. The number of nitrogens with one attached hydrogen (secondary N) is 2. The van der Waals surface area contributed by atoms with Crippen molar-refractivity contribution in [1.82, 2.24) is 25.0 Å². The minimum atomic E-state index is -0.971. The van der Waals surface area contributed by atoms with E-state index in [4.69, 9.17) is 4.74 Å². The number of amides is 1. The summed E-state index contributed by atoms with van der Waals surface area (Å²) in [6.07, 6.45) is 2.86. The SMILES string of the molecule is COc1ncccc1-c1n[nH]c2ccc(NC(=O)c3c(F)cc4c(cnn4C)c3F)cc12. The third kappa shape index (κ3) is 3.04. The third-order valence-electron chi connectivity index (χ3n) is 5.21. The van der Waals surface area contributed by atoms with E-state index in [0.29, 0.717) is 33.7 Å². The van der Waals surface area contributed by atoms with Gasteiger partial charge >= 0.3 is 0 Å². The van der Waals surface area contributed by atoms with E-state index in [1.807, 2.05) is 0 Å². The molecule has 2 N–H and O–H groups in total. The zero-order valence-corrected chi connectivity index (χ0v) is 17.0. The van der Waals surface area contributed by atoms with Crippen molar-refractivity contribution in [1.29, 1.82) is 0 Å². The zero-order valence-electron chi connectivity index (χ0n) is 17.0. The molecule has 0 spiro atoms. The van der Waals surface area contributed by atoms with Crippen LogP contribution in [0.5, 0.6) is 5.88 Å². The Hall–Kier alpha value is -4.34. The minimum absolute atomic E-state index is 0.0651. The number of methoxy groups -OCH3 is 1. The molecule has 3 heterocycles. The number of benzene rings is 2. The molecule has 0 saturated carbocycles. The fourth-order valence-electron chi connectivity index (χ4n) is 3.65. The molecule has 2 aromatic carbocycles. The van der Waals surface area contributed by atoms with Crippen molar-refractivity contribution in [2.24, 2.45) is 7.05 Å². The van der Waals surface area contributed by atoms with E-state index in [1.54, 1.807) is 43.6 Å². The van der Waals surface area contributed by atoms with Gasteiger partial charge in [0.05, 0.1) is 35.3 Å². The molecule has 0 radical (unpaired) electrons. The summed E-state index contributed by atoms with van der Waals surface area (Å²) < 4.78 is 36.1. The fourth-order valence-corrected chi connectivity index (χ4v) is 3.65. The molecule has 0 unspecified atom stereocenters. The van der Waals surface area contributed by atoms with Gasteiger partial charge in [-0.3, -0.25) is 14.6 Å². The Morgan fingerprint density at radius 1 is 1.19 bits per heavy atom. The van der Waals surface area contributed by atoms with Crippen molar-refractivity contribution < 1.29 is 18.3 Å². The summed E-state index contributed by atoms with van der Waals surface area (Å²) in [4.78, 5) is 16.9. The molecule has 0 aliphatic heterocycles. The maximum absolute atomic E-state index is 14.9. The molecular weight excluding hydrogens is 418 g/mol. The minimum Gasteiger partial charge on any atom is -0.481 e. The number of anilines is 1. The van der Waals surface area contributed by atoms with Crippen LogP contribution in [0.3, 0.4) is 0 Å². The molecule has 0 fully saturated rings. The molecule has 160 valence electrons. The number of carbonyl (C=O) groups excluding carboxylic acids is 1. The van der Waals surface area contributed by atoms with Crippen LogP contribution in [0.2, 0.25) is 0 Å². The topological polar surface area (TPSA) is 97.7 Å². The van der Waals surface area contributed by atoms with Crippen LogP contribution >= 0.6 is 0 Å². The molecule has 5 rings (SSSR count). The molecule has 8 nitrogen and oxygen atoms in total. The summed E-state index contributed by atoms with van der Waals surface area (Å²) >= 11 is 0. The number of aryl methyl sites for hydroxylation is 1. The highest BCUT2D eigenvalue weighted by Gasteiger charge is 2.23. The summed E-state index contributed by atoms with van der Waals surface area (Å²) in [6.45, 7) is 0. The van der Waals surface area contributed by atoms with E-state index in [1.165, 1.54) is 18.0 Å². The number of aromatic amines is 1. The van der Waals surface area contributed by atoms with Gasteiger partial charge in [-0.15, -0.1) is 0 Å². The Balaban J connectivity index is 1.54. The second-order valence-corrected chi connectivity index (χ2v) is 7.10. The number of fused-ring (bicyclic) bond motifs is 2. The number of nitrogens with zero attached hydrogens (tertiary/aromatic N) is 4. The standard InChI is InChI=1S/C22H16F2N6O2/c1-30-17-9-15(23)18(19(24)14(17)10-26-30)21(31)27-11-5-6-16-13(8-11)20(29-28-16)12-4-3-7-25-22(12)32-2/h3-10H,1-2H3,(H,27,31)(H,28,29). The first-order valence-electron chi connectivity index (χ1n) is 9.56. The fraction of sp³-hybridized carbons (Fsp3) is 0.0909. The first-order valence-corrected chi connectivity index (χ1v) is 9.56. The first kappa shape index (κ1) is 19.6. The van der Waals surface area contributed by atoms with Crippen LogP contribution in [-0.4, -0.2) is 38.0 Å². The number of pyridine rings is 1. The Bertz CT molecular complexity index is 1510. The van der Waals surface area contributed by atoms with Gasteiger partial charge in [0.1, 0.15) is 22.9 Å². The van der Waals surface area contributed by atoms with Gasteiger partial charge in [-0.2, -0.15) is 10.2 Å². The molecule has 1 amide bonds. The lowest BCUT2D eigenvalue weighted by atomic mass is 10.1. The lowest BCUT2D eigenvalue weighted by Gasteiger charge is -2.09. The summed E-state index contributed by atoms with van der Waals surface area (Å²) in [5, 5.41) is 14.5. The van der Waals surface area contributed by atoms with Gasteiger partial charge in [0.2, 0.25) is 5.88 Å². The van der Waals surface area contributed by atoms with E-state index in [0.717, 1.165) is 6.07 Å². The van der Waals surface area contributed by atoms with Crippen molar-refractivity contribution >= 4 is 33.4 Å². The van der Waals surface area contributed by atoms with E-state index in [2.05, 4.69) is 25.6 Å². The van der Waals surface area contributed by atoms with E-state index >= 15 is 0 Å². The van der Waals surface area contributed by atoms with Gasteiger partial charge < -0.3 is 10.1 Å². The molecule has 0 bridgehead atoms. The van der Waals surface area contributed by atoms with E-state index in [9.17, 15) is 13.6 Å². The predicted molar refractivity (Wildman–Crippen MR) is 114 cm³/mol. The predicted octanol–water partition coefficient (Wildman–Crippen LogP) is 4.05. The number of rotatable bonds is 4. The van der Waals surface area contributed by atoms with Crippen molar-refractivity contribution in [3.05, 3.63) is 66.0 Å². The lowest BCUT2D eigenvalue weighted by Crippen LogP contribution is -2.16. The van der Waals surface area contributed by atoms with Crippen LogP contribution in [-0.2, 0) is 7.05 Å². The Labute approximate surface area is 179 Å². The van der Waals surface area contributed by atoms with Gasteiger partial charge in [0.15, 0.2) is 0 Å². The van der Waals surface area contributed by atoms with Gasteiger partial charge in [-0.05, 0) is 30.3 Å². The molecule has 0 atom stereocenters. The molecule has 0 saturated heterocycles. The van der Waals surface area contributed by atoms with Crippen molar-refractivity contribution in [2.75, 3.05) is 12.4 Å². The van der Waals surface area contributed by atoms with Crippen molar-refractivity contribution in [2.45, 2.75) is 0 Å². The van der Waals surface area contributed by atoms with Crippen LogP contribution < -0.4 is 10.1 Å². The third-order valence-corrected chi connectivity index (χ3v) is 5.21. The van der Waals surface area contributed by atoms with Crippen LogP contribution in [0.25, 0.3) is 33.1 Å². The Kier molecular flexibility index (Phi) is 4.54. The highest BCUT2D eigenvalue weighted by molar-refractivity contribution is 6.08. The number of H-pyrrole nitrogens is 1. The van der Waals surface area contributed by atoms with Gasteiger partial charge in [0.25, 0.3) is 5.91 Å².